The summed E-state index contributed by atoms with van der Waals surface area (Å²) in [6.07, 6.45) is 7.64. The molecule has 0 atom stereocenters. The Morgan fingerprint density at radius 2 is 2.00 bits per heavy atom. The van der Waals surface area contributed by atoms with Gasteiger partial charge in [-0.2, -0.15) is 5.10 Å². The Balaban J connectivity index is 1.70. The van der Waals surface area contributed by atoms with Crippen molar-refractivity contribution >= 4 is 34.2 Å². The van der Waals surface area contributed by atoms with E-state index in [2.05, 4.69) is 31.2 Å². The molecule has 0 aliphatic rings. The summed E-state index contributed by atoms with van der Waals surface area (Å²) in [6.45, 7) is 4.02. The number of benzene rings is 2. The van der Waals surface area contributed by atoms with Gasteiger partial charge in [0.05, 0.1) is 16.6 Å². The predicted molar refractivity (Wildman–Crippen MR) is 108 cm³/mol. The molecule has 4 aromatic rings. The molecule has 0 radical (unpaired) electrons. The fourth-order valence-corrected chi connectivity index (χ4v) is 2.75. The van der Waals surface area contributed by atoms with Crippen molar-refractivity contribution in [2.45, 2.75) is 13.8 Å². The number of allylic oxidation sites excluding steroid dienone is 2. The average Bonchev–Trinajstić information content (AvgIpc) is 3.28. The smallest absolute Gasteiger partial charge is 0.159 e. The summed E-state index contributed by atoms with van der Waals surface area (Å²) < 4.78 is 0. The van der Waals surface area contributed by atoms with E-state index in [1.165, 1.54) is 0 Å². The highest BCUT2D eigenvalue weighted by Crippen LogP contribution is 2.27. The topological polar surface area (TPSA) is 69.7 Å². The molecule has 0 spiro atoms. The van der Waals surface area contributed by atoms with Gasteiger partial charge in [0.2, 0.25) is 0 Å². The standard InChI is InChI=1S/C21H19N5/c1-3-14(2)13-22-11-10-15-8-9-17-16(12-15)20(26-25-17)21-23-18-6-4-5-7-19(18)24-21/h3-13H,1-2H3,(H,23,24)(H,25,26)/b11-10+,14-3+,22-13+. The molecule has 2 aromatic carbocycles. The fourth-order valence-electron chi connectivity index (χ4n) is 2.75. The van der Waals surface area contributed by atoms with Gasteiger partial charge in [-0.1, -0.05) is 24.3 Å². The first-order valence-electron chi connectivity index (χ1n) is 8.50. The Labute approximate surface area is 151 Å². The number of imidazole rings is 1. The molecule has 0 unspecified atom stereocenters. The second kappa shape index (κ2) is 6.80. The molecule has 26 heavy (non-hydrogen) atoms. The molecule has 0 bridgehead atoms. The third-order valence-electron chi connectivity index (χ3n) is 4.29. The van der Waals surface area contributed by atoms with Crippen LogP contribution in [0.15, 0.2) is 65.3 Å². The maximum atomic E-state index is 4.65. The number of H-pyrrole nitrogens is 2. The fraction of sp³-hybridized carbons (Fsp3) is 0.0952. The number of hydrogen-bond acceptors (Lipinski definition) is 3. The van der Waals surface area contributed by atoms with Crippen LogP contribution in [-0.4, -0.2) is 26.4 Å². The third-order valence-corrected chi connectivity index (χ3v) is 4.29. The lowest BCUT2D eigenvalue weighted by atomic mass is 10.1. The number of aliphatic imine (C=N–C) groups is 1. The van der Waals surface area contributed by atoms with E-state index in [1.807, 2.05) is 68.6 Å². The summed E-state index contributed by atoms with van der Waals surface area (Å²) in [5.74, 6) is 0.764. The van der Waals surface area contributed by atoms with Crippen molar-refractivity contribution in [2.24, 2.45) is 4.99 Å². The number of aromatic amines is 2. The molecule has 2 aromatic heterocycles. The van der Waals surface area contributed by atoms with Crippen LogP contribution in [0.4, 0.5) is 0 Å². The summed E-state index contributed by atoms with van der Waals surface area (Å²) in [7, 11) is 0. The molecule has 5 heteroatoms. The second-order valence-corrected chi connectivity index (χ2v) is 6.11. The largest absolute Gasteiger partial charge is 0.337 e. The normalized spacial score (nSPS) is 12.9. The Morgan fingerprint density at radius 3 is 2.85 bits per heavy atom. The third kappa shape index (κ3) is 3.07. The van der Waals surface area contributed by atoms with Crippen LogP contribution < -0.4 is 0 Å². The van der Waals surface area contributed by atoms with Gasteiger partial charge in [-0.05, 0) is 55.3 Å². The molecule has 0 aliphatic heterocycles. The van der Waals surface area contributed by atoms with Gasteiger partial charge >= 0.3 is 0 Å². The van der Waals surface area contributed by atoms with Crippen LogP contribution in [0.25, 0.3) is 39.5 Å². The monoisotopic (exact) mass is 341 g/mol. The summed E-state index contributed by atoms with van der Waals surface area (Å²) in [6, 6.07) is 14.1. The molecular weight excluding hydrogens is 322 g/mol. The van der Waals surface area contributed by atoms with E-state index in [4.69, 9.17) is 0 Å². The minimum absolute atomic E-state index is 0.764. The zero-order valence-electron chi connectivity index (χ0n) is 14.7. The molecule has 5 nitrogen and oxygen atoms in total. The van der Waals surface area contributed by atoms with Crippen molar-refractivity contribution in [3.05, 3.63) is 65.9 Å². The maximum absolute atomic E-state index is 4.65. The second-order valence-electron chi connectivity index (χ2n) is 6.11. The van der Waals surface area contributed by atoms with Crippen LogP contribution in [0, 0.1) is 0 Å². The van der Waals surface area contributed by atoms with Gasteiger partial charge in [0.25, 0.3) is 0 Å². The summed E-state index contributed by atoms with van der Waals surface area (Å²) in [5, 5.41) is 8.56. The van der Waals surface area contributed by atoms with Gasteiger partial charge in [0.1, 0.15) is 5.69 Å². The maximum Gasteiger partial charge on any atom is 0.159 e. The lowest BCUT2D eigenvalue weighted by Crippen LogP contribution is -1.81. The molecule has 2 heterocycles. The van der Waals surface area contributed by atoms with Crippen LogP contribution in [0.2, 0.25) is 0 Å². The highest BCUT2D eigenvalue weighted by molar-refractivity contribution is 5.94. The summed E-state index contributed by atoms with van der Waals surface area (Å²) >= 11 is 0. The number of fused-ring (bicyclic) bond motifs is 2. The minimum Gasteiger partial charge on any atom is -0.337 e. The van der Waals surface area contributed by atoms with Crippen molar-refractivity contribution in [1.29, 1.82) is 0 Å². The lowest BCUT2D eigenvalue weighted by Gasteiger charge is -1.96. The van der Waals surface area contributed by atoms with Gasteiger partial charge in [-0.25, -0.2) is 4.98 Å². The average molecular weight is 341 g/mol. The molecule has 0 fully saturated rings. The minimum atomic E-state index is 0.764. The van der Waals surface area contributed by atoms with Gasteiger partial charge in [-0.3, -0.25) is 10.1 Å². The SMILES string of the molecule is C/C=C(C)/C=N/C=C/c1ccc2[nH]nc(-c3nc4ccccc4[nH]3)c2c1. The van der Waals surface area contributed by atoms with Crippen LogP contribution >= 0.6 is 0 Å². The number of aromatic nitrogens is 4. The van der Waals surface area contributed by atoms with Gasteiger partial charge in [0.15, 0.2) is 5.82 Å². The van der Waals surface area contributed by atoms with E-state index >= 15 is 0 Å². The van der Waals surface area contributed by atoms with Crippen LogP contribution in [0.5, 0.6) is 0 Å². The van der Waals surface area contributed by atoms with Crippen molar-refractivity contribution in [2.75, 3.05) is 0 Å². The Kier molecular flexibility index (Phi) is 4.19. The highest BCUT2D eigenvalue weighted by Gasteiger charge is 2.12. The summed E-state index contributed by atoms with van der Waals surface area (Å²) in [4.78, 5) is 12.3. The summed E-state index contributed by atoms with van der Waals surface area (Å²) in [5.41, 5.74) is 5.93. The van der Waals surface area contributed by atoms with E-state index in [1.54, 1.807) is 6.20 Å². The van der Waals surface area contributed by atoms with Crippen LogP contribution in [0.3, 0.4) is 0 Å². The molecule has 128 valence electrons. The molecule has 4 rings (SSSR count). The van der Waals surface area contributed by atoms with Crippen LogP contribution in [0.1, 0.15) is 19.4 Å². The van der Waals surface area contributed by atoms with E-state index in [-0.39, 0.29) is 0 Å². The zero-order chi connectivity index (χ0) is 17.9. The van der Waals surface area contributed by atoms with Gasteiger partial charge in [0, 0.05) is 17.8 Å². The molecule has 0 saturated carbocycles. The molecule has 0 saturated heterocycles. The first kappa shape index (κ1) is 16.0. The van der Waals surface area contributed by atoms with Crippen molar-refractivity contribution < 1.29 is 0 Å². The number of para-hydroxylation sites is 2. The predicted octanol–water partition coefficient (Wildman–Crippen LogP) is 5.11. The van der Waals surface area contributed by atoms with E-state index in [0.29, 0.717) is 0 Å². The first-order chi connectivity index (χ1) is 12.7. The van der Waals surface area contributed by atoms with Crippen molar-refractivity contribution in [1.82, 2.24) is 20.2 Å². The lowest BCUT2D eigenvalue weighted by molar-refractivity contribution is 1.11. The number of nitrogens with one attached hydrogen (secondary N) is 2. The van der Waals surface area contributed by atoms with Gasteiger partial charge < -0.3 is 4.98 Å². The van der Waals surface area contributed by atoms with E-state index in [0.717, 1.165) is 44.6 Å². The first-order valence-corrected chi connectivity index (χ1v) is 8.50. The number of rotatable bonds is 4. The van der Waals surface area contributed by atoms with Gasteiger partial charge in [-0.15, -0.1) is 0 Å². The quantitative estimate of drug-likeness (QED) is 0.506. The Morgan fingerprint density at radius 1 is 1.12 bits per heavy atom. The van der Waals surface area contributed by atoms with Crippen molar-refractivity contribution in [3.63, 3.8) is 0 Å². The molecule has 0 amide bonds. The van der Waals surface area contributed by atoms with E-state index in [9.17, 15) is 0 Å². The molecule has 2 N–H and O–H groups in total. The molecular formula is C21H19N5. The molecule has 0 aliphatic carbocycles. The zero-order valence-corrected chi connectivity index (χ0v) is 14.7. The van der Waals surface area contributed by atoms with Crippen molar-refractivity contribution in [3.8, 4) is 11.5 Å². The van der Waals surface area contributed by atoms with E-state index < -0.39 is 0 Å². The number of nitrogens with zero attached hydrogens (tertiary/aromatic N) is 3. The number of hydrogen-bond donors (Lipinski definition) is 2. The Bertz CT molecular complexity index is 1120. The Hall–Kier alpha value is -3.47. The van der Waals surface area contributed by atoms with Crippen LogP contribution in [-0.2, 0) is 0 Å². The highest BCUT2D eigenvalue weighted by atomic mass is 15.1.